The molecule has 0 fully saturated rings. The van der Waals surface area contributed by atoms with Gasteiger partial charge in [-0.1, -0.05) is 25.4 Å². The van der Waals surface area contributed by atoms with Crippen LogP contribution >= 0.6 is 24.0 Å². The standard InChI is InChI=1S/C16H21ClN2O2.ClH/c1-10-12-7-11(17)5-6-13(12)21-14(10)15(20)19(4)9-16(2,3)8-18;/h5-7H,8-9,18H2,1-4H3;1H. The van der Waals surface area contributed by atoms with Crippen LogP contribution in [0.1, 0.15) is 30.0 Å². The number of benzene rings is 1. The molecule has 2 aromatic rings. The molecule has 0 atom stereocenters. The molecule has 2 N–H and O–H groups in total. The van der Waals surface area contributed by atoms with Gasteiger partial charge in [0.15, 0.2) is 5.76 Å². The Hall–Kier alpha value is -1.23. The van der Waals surface area contributed by atoms with Crippen LogP contribution in [0.4, 0.5) is 0 Å². The minimum Gasteiger partial charge on any atom is -0.451 e. The predicted molar refractivity (Wildman–Crippen MR) is 93.0 cm³/mol. The summed E-state index contributed by atoms with van der Waals surface area (Å²) in [7, 11) is 1.76. The minimum absolute atomic E-state index is 0. The van der Waals surface area contributed by atoms with Crippen LogP contribution in [0.2, 0.25) is 5.02 Å². The molecule has 6 heteroatoms. The molecule has 122 valence electrons. The van der Waals surface area contributed by atoms with E-state index in [0.29, 0.717) is 29.5 Å². The van der Waals surface area contributed by atoms with Gasteiger partial charge in [-0.05, 0) is 37.1 Å². The second kappa shape index (κ2) is 6.90. The molecule has 22 heavy (non-hydrogen) atoms. The highest BCUT2D eigenvalue weighted by Gasteiger charge is 2.25. The number of nitrogens with two attached hydrogens (primary N) is 1. The van der Waals surface area contributed by atoms with Gasteiger partial charge in [0.1, 0.15) is 5.58 Å². The van der Waals surface area contributed by atoms with Crippen molar-refractivity contribution in [3.05, 3.63) is 34.5 Å². The third-order valence-corrected chi connectivity index (χ3v) is 3.89. The average molecular weight is 345 g/mol. The van der Waals surface area contributed by atoms with E-state index in [9.17, 15) is 4.79 Å². The first kappa shape index (κ1) is 18.8. The van der Waals surface area contributed by atoms with Crippen LogP contribution < -0.4 is 5.73 Å². The molecule has 0 saturated carbocycles. The van der Waals surface area contributed by atoms with E-state index in [0.717, 1.165) is 10.9 Å². The number of fused-ring (bicyclic) bond motifs is 1. The van der Waals surface area contributed by atoms with Crippen molar-refractivity contribution in [2.24, 2.45) is 11.1 Å². The van der Waals surface area contributed by atoms with Crippen molar-refractivity contribution in [1.82, 2.24) is 4.90 Å². The van der Waals surface area contributed by atoms with Crippen LogP contribution in [0.3, 0.4) is 0 Å². The van der Waals surface area contributed by atoms with E-state index in [1.54, 1.807) is 24.1 Å². The molecule has 4 nitrogen and oxygen atoms in total. The Morgan fingerprint density at radius 1 is 1.41 bits per heavy atom. The molecule has 0 aliphatic heterocycles. The van der Waals surface area contributed by atoms with E-state index in [1.807, 2.05) is 26.8 Å². The normalized spacial score (nSPS) is 11.4. The minimum atomic E-state index is -0.138. The predicted octanol–water partition coefficient (Wildman–Crippen LogP) is 3.87. The third-order valence-electron chi connectivity index (χ3n) is 3.66. The molecule has 1 aromatic heterocycles. The highest BCUT2D eigenvalue weighted by atomic mass is 35.5. The Morgan fingerprint density at radius 3 is 2.64 bits per heavy atom. The van der Waals surface area contributed by atoms with Gasteiger partial charge in [-0.15, -0.1) is 12.4 Å². The Kier molecular flexibility index (Phi) is 5.90. The molecular formula is C16H22Cl2N2O2. The molecule has 0 bridgehead atoms. The summed E-state index contributed by atoms with van der Waals surface area (Å²) < 4.78 is 5.70. The maximum Gasteiger partial charge on any atom is 0.289 e. The van der Waals surface area contributed by atoms with Crippen LogP contribution in [-0.2, 0) is 0 Å². The molecule has 0 radical (unpaired) electrons. The van der Waals surface area contributed by atoms with Gasteiger partial charge in [0.2, 0.25) is 0 Å². The number of halogens is 2. The van der Waals surface area contributed by atoms with E-state index in [-0.39, 0.29) is 23.7 Å². The zero-order chi connectivity index (χ0) is 15.8. The number of amides is 1. The largest absolute Gasteiger partial charge is 0.451 e. The molecule has 0 saturated heterocycles. The molecule has 1 aromatic carbocycles. The van der Waals surface area contributed by atoms with E-state index >= 15 is 0 Å². The highest BCUT2D eigenvalue weighted by Crippen LogP contribution is 2.29. The summed E-state index contributed by atoms with van der Waals surface area (Å²) in [4.78, 5) is 14.2. The lowest BCUT2D eigenvalue weighted by Crippen LogP contribution is -2.39. The van der Waals surface area contributed by atoms with E-state index in [2.05, 4.69) is 0 Å². The zero-order valence-electron chi connectivity index (χ0n) is 13.3. The van der Waals surface area contributed by atoms with Gasteiger partial charge >= 0.3 is 0 Å². The van der Waals surface area contributed by atoms with Crippen molar-refractivity contribution in [3.63, 3.8) is 0 Å². The molecule has 0 spiro atoms. The van der Waals surface area contributed by atoms with Crippen LogP contribution in [0.5, 0.6) is 0 Å². The third kappa shape index (κ3) is 3.75. The molecular weight excluding hydrogens is 323 g/mol. The number of rotatable bonds is 4. The summed E-state index contributed by atoms with van der Waals surface area (Å²) in [5, 5.41) is 1.50. The molecule has 0 aliphatic carbocycles. The van der Waals surface area contributed by atoms with Gasteiger partial charge < -0.3 is 15.1 Å². The van der Waals surface area contributed by atoms with Crippen LogP contribution in [-0.4, -0.2) is 30.9 Å². The fourth-order valence-electron chi connectivity index (χ4n) is 2.35. The second-order valence-electron chi connectivity index (χ2n) is 6.23. The lowest BCUT2D eigenvalue weighted by atomic mass is 9.93. The van der Waals surface area contributed by atoms with E-state index < -0.39 is 0 Å². The van der Waals surface area contributed by atoms with Gasteiger partial charge in [-0.2, -0.15) is 0 Å². The first-order valence-electron chi connectivity index (χ1n) is 6.89. The van der Waals surface area contributed by atoms with Gasteiger partial charge in [0.25, 0.3) is 5.91 Å². The Bertz CT molecular complexity index is 680. The molecule has 0 unspecified atom stereocenters. The van der Waals surface area contributed by atoms with Gasteiger partial charge in [-0.25, -0.2) is 0 Å². The van der Waals surface area contributed by atoms with Crippen molar-refractivity contribution in [2.75, 3.05) is 20.1 Å². The number of aryl methyl sites for hydroxylation is 1. The lowest BCUT2D eigenvalue weighted by molar-refractivity contribution is 0.0710. The van der Waals surface area contributed by atoms with Crippen molar-refractivity contribution in [3.8, 4) is 0 Å². The van der Waals surface area contributed by atoms with Crippen LogP contribution in [0, 0.1) is 12.3 Å². The number of furan rings is 1. The molecule has 1 amide bonds. The van der Waals surface area contributed by atoms with Crippen LogP contribution in [0.25, 0.3) is 11.0 Å². The SMILES string of the molecule is Cc1c(C(=O)N(C)CC(C)(C)CN)oc2ccc(Cl)cc12.Cl. The fourth-order valence-corrected chi connectivity index (χ4v) is 2.52. The van der Waals surface area contributed by atoms with Gasteiger partial charge in [0.05, 0.1) is 0 Å². The summed E-state index contributed by atoms with van der Waals surface area (Å²) in [6.07, 6.45) is 0. The maximum absolute atomic E-state index is 12.6. The summed E-state index contributed by atoms with van der Waals surface area (Å²) in [5.41, 5.74) is 7.08. The topological polar surface area (TPSA) is 59.5 Å². The van der Waals surface area contributed by atoms with E-state index in [4.69, 9.17) is 21.8 Å². The highest BCUT2D eigenvalue weighted by molar-refractivity contribution is 6.31. The smallest absolute Gasteiger partial charge is 0.289 e. The van der Waals surface area contributed by atoms with Crippen molar-refractivity contribution in [2.45, 2.75) is 20.8 Å². The monoisotopic (exact) mass is 344 g/mol. The number of hydrogen-bond acceptors (Lipinski definition) is 3. The number of nitrogens with zero attached hydrogens (tertiary/aromatic N) is 1. The summed E-state index contributed by atoms with van der Waals surface area (Å²) in [6, 6.07) is 5.35. The average Bonchev–Trinajstić information content (AvgIpc) is 2.74. The first-order chi connectivity index (χ1) is 9.75. The second-order valence-corrected chi connectivity index (χ2v) is 6.66. The maximum atomic E-state index is 12.6. The number of hydrogen-bond donors (Lipinski definition) is 1. The molecule has 1 heterocycles. The lowest BCUT2D eigenvalue weighted by Gasteiger charge is -2.28. The summed E-state index contributed by atoms with van der Waals surface area (Å²) >= 11 is 6.00. The van der Waals surface area contributed by atoms with Gasteiger partial charge in [0, 0.05) is 29.6 Å². The Labute approximate surface area is 142 Å². The van der Waals surface area contributed by atoms with Crippen molar-refractivity contribution in [1.29, 1.82) is 0 Å². The summed E-state index contributed by atoms with van der Waals surface area (Å²) in [5.74, 6) is 0.226. The van der Waals surface area contributed by atoms with Gasteiger partial charge in [-0.3, -0.25) is 4.79 Å². The molecule has 2 rings (SSSR count). The van der Waals surface area contributed by atoms with E-state index in [1.165, 1.54) is 0 Å². The summed E-state index contributed by atoms with van der Waals surface area (Å²) in [6.45, 7) is 7.01. The van der Waals surface area contributed by atoms with Crippen LogP contribution in [0.15, 0.2) is 22.6 Å². The van der Waals surface area contributed by atoms with Crippen molar-refractivity contribution < 1.29 is 9.21 Å². The van der Waals surface area contributed by atoms with Crippen molar-refractivity contribution >= 4 is 40.9 Å². The first-order valence-corrected chi connectivity index (χ1v) is 7.27. The Morgan fingerprint density at radius 2 is 2.05 bits per heavy atom. The number of carbonyl (C=O) groups is 1. The fraction of sp³-hybridized carbons (Fsp3) is 0.438. The number of carbonyl (C=O) groups excluding carboxylic acids is 1. The quantitative estimate of drug-likeness (QED) is 0.915. The zero-order valence-corrected chi connectivity index (χ0v) is 14.8. The molecule has 0 aliphatic rings. The Balaban J connectivity index is 0.00000242.